The summed E-state index contributed by atoms with van der Waals surface area (Å²) >= 11 is 0. The minimum absolute atomic E-state index is 0.00286. The second kappa shape index (κ2) is 7.51. The first kappa shape index (κ1) is 17.2. The van der Waals surface area contributed by atoms with Gasteiger partial charge in [-0.1, -0.05) is 49.3 Å². The first-order valence-corrected chi connectivity index (χ1v) is 8.66. The maximum Gasteiger partial charge on any atom is 0.228 e. The summed E-state index contributed by atoms with van der Waals surface area (Å²) in [6.07, 6.45) is 1.35. The van der Waals surface area contributed by atoms with Crippen LogP contribution in [0.4, 0.5) is 5.82 Å². The Morgan fingerprint density at radius 3 is 2.52 bits per heavy atom. The van der Waals surface area contributed by atoms with E-state index in [1.165, 1.54) is 0 Å². The Bertz CT molecular complexity index is 731. The largest absolute Gasteiger partial charge is 0.354 e. The fourth-order valence-corrected chi connectivity index (χ4v) is 3.03. The van der Waals surface area contributed by atoms with Crippen molar-refractivity contribution in [1.82, 2.24) is 10.1 Å². The molecule has 2 heterocycles. The van der Waals surface area contributed by atoms with Gasteiger partial charge in [0.25, 0.3) is 0 Å². The lowest BCUT2D eigenvalue weighted by Crippen LogP contribution is -2.43. The molecule has 0 spiro atoms. The number of hydrogen-bond acceptors (Lipinski definition) is 4. The highest BCUT2D eigenvalue weighted by Crippen LogP contribution is 2.24. The van der Waals surface area contributed by atoms with Crippen LogP contribution in [0.3, 0.4) is 0 Å². The molecule has 1 fully saturated rings. The van der Waals surface area contributed by atoms with E-state index in [4.69, 9.17) is 4.52 Å². The zero-order valence-electron chi connectivity index (χ0n) is 14.6. The van der Waals surface area contributed by atoms with Gasteiger partial charge in [0.2, 0.25) is 11.8 Å². The fraction of sp³-hybridized carbons (Fsp3) is 0.421. The average molecular weight is 341 g/mol. The van der Waals surface area contributed by atoms with Crippen LogP contribution in [0, 0.1) is 11.8 Å². The molecule has 2 aromatic rings. The van der Waals surface area contributed by atoms with Gasteiger partial charge in [0.1, 0.15) is 0 Å². The highest BCUT2D eigenvalue weighted by Gasteiger charge is 2.28. The van der Waals surface area contributed by atoms with Crippen LogP contribution >= 0.6 is 0 Å². The zero-order chi connectivity index (χ0) is 17.8. The predicted octanol–water partition coefficient (Wildman–Crippen LogP) is 3.17. The number of rotatable bonds is 4. The molecule has 1 aromatic carbocycles. The number of anilines is 1. The van der Waals surface area contributed by atoms with Gasteiger partial charge in [0.05, 0.1) is 0 Å². The quantitative estimate of drug-likeness (QED) is 0.927. The van der Waals surface area contributed by atoms with E-state index in [1.807, 2.05) is 49.1 Å². The number of carbonyl (C=O) groups is 2. The Labute approximate surface area is 147 Å². The van der Waals surface area contributed by atoms with Crippen molar-refractivity contribution in [3.8, 4) is 11.3 Å². The Kier molecular flexibility index (Phi) is 5.16. The third-order valence-corrected chi connectivity index (χ3v) is 4.49. The monoisotopic (exact) mass is 341 g/mol. The summed E-state index contributed by atoms with van der Waals surface area (Å²) in [6, 6.07) is 11.3. The van der Waals surface area contributed by atoms with Crippen LogP contribution in [0.2, 0.25) is 0 Å². The van der Waals surface area contributed by atoms with E-state index in [0.717, 1.165) is 5.56 Å². The van der Waals surface area contributed by atoms with Crippen molar-refractivity contribution in [2.45, 2.75) is 26.7 Å². The summed E-state index contributed by atoms with van der Waals surface area (Å²) in [5.74, 6) is 1.02. The summed E-state index contributed by atoms with van der Waals surface area (Å²) < 4.78 is 5.30. The number of nitrogens with one attached hydrogen (secondary N) is 1. The molecule has 0 unspecified atom stereocenters. The molecule has 1 aliphatic heterocycles. The number of likely N-dealkylation sites (tertiary alicyclic amines) is 1. The summed E-state index contributed by atoms with van der Waals surface area (Å²) in [5.41, 5.74) is 0.913. The lowest BCUT2D eigenvalue weighted by atomic mass is 9.95. The van der Waals surface area contributed by atoms with Crippen molar-refractivity contribution >= 4 is 17.6 Å². The van der Waals surface area contributed by atoms with Crippen molar-refractivity contribution in [3.63, 3.8) is 0 Å². The zero-order valence-corrected chi connectivity index (χ0v) is 14.6. The van der Waals surface area contributed by atoms with E-state index in [1.54, 1.807) is 6.07 Å². The first-order chi connectivity index (χ1) is 12.0. The number of nitrogens with zero attached hydrogens (tertiary/aromatic N) is 2. The van der Waals surface area contributed by atoms with Gasteiger partial charge in [-0.2, -0.15) is 0 Å². The minimum Gasteiger partial charge on any atom is -0.354 e. The minimum atomic E-state index is -0.104. The van der Waals surface area contributed by atoms with Gasteiger partial charge in [-0.15, -0.1) is 0 Å². The topological polar surface area (TPSA) is 75.4 Å². The second-order valence-electron chi connectivity index (χ2n) is 6.69. The van der Waals surface area contributed by atoms with E-state index < -0.39 is 0 Å². The molecular weight excluding hydrogens is 318 g/mol. The summed E-state index contributed by atoms with van der Waals surface area (Å²) in [7, 11) is 0. The van der Waals surface area contributed by atoms with Crippen LogP contribution in [0.5, 0.6) is 0 Å². The molecule has 1 aliphatic rings. The Hall–Kier alpha value is -2.63. The molecular formula is C19H23N3O3. The van der Waals surface area contributed by atoms with Crippen molar-refractivity contribution in [1.29, 1.82) is 0 Å². The molecule has 2 amide bonds. The van der Waals surface area contributed by atoms with E-state index in [0.29, 0.717) is 37.5 Å². The normalized spacial score (nSPS) is 15.4. The highest BCUT2D eigenvalue weighted by atomic mass is 16.5. The molecule has 6 nitrogen and oxygen atoms in total. The predicted molar refractivity (Wildman–Crippen MR) is 94.7 cm³/mol. The molecule has 132 valence electrons. The van der Waals surface area contributed by atoms with Gasteiger partial charge in [-0.05, 0) is 12.8 Å². The van der Waals surface area contributed by atoms with Gasteiger partial charge in [-0.3, -0.25) is 9.59 Å². The lowest BCUT2D eigenvalue weighted by molar-refractivity contribution is -0.137. The molecule has 3 rings (SSSR count). The smallest absolute Gasteiger partial charge is 0.228 e. The Morgan fingerprint density at radius 2 is 1.88 bits per heavy atom. The molecule has 6 heteroatoms. The number of hydrogen-bond donors (Lipinski definition) is 1. The van der Waals surface area contributed by atoms with Crippen LogP contribution in [-0.4, -0.2) is 35.0 Å². The van der Waals surface area contributed by atoms with Crippen LogP contribution < -0.4 is 5.32 Å². The standard InChI is InChI=1S/C19H23N3O3/c1-13(2)19(24)22-10-8-15(9-11-22)18(23)20-17-12-16(25-21-17)14-6-4-3-5-7-14/h3-7,12-13,15H,8-11H2,1-2H3,(H,20,21,23). The fourth-order valence-electron chi connectivity index (χ4n) is 3.03. The van der Waals surface area contributed by atoms with Crippen LogP contribution in [0.25, 0.3) is 11.3 Å². The molecule has 0 bridgehead atoms. The SMILES string of the molecule is CC(C)C(=O)N1CCC(C(=O)Nc2cc(-c3ccccc3)on2)CC1. The molecule has 25 heavy (non-hydrogen) atoms. The molecule has 1 saturated heterocycles. The van der Waals surface area contributed by atoms with E-state index in [-0.39, 0.29) is 23.7 Å². The Balaban J connectivity index is 1.55. The maximum absolute atomic E-state index is 12.4. The third kappa shape index (κ3) is 4.07. The van der Waals surface area contributed by atoms with Gasteiger partial charge >= 0.3 is 0 Å². The van der Waals surface area contributed by atoms with Crippen molar-refractivity contribution in [2.75, 3.05) is 18.4 Å². The van der Waals surface area contributed by atoms with E-state index >= 15 is 0 Å². The van der Waals surface area contributed by atoms with Gasteiger partial charge in [-0.25, -0.2) is 0 Å². The molecule has 1 aromatic heterocycles. The van der Waals surface area contributed by atoms with Gasteiger partial charge in [0.15, 0.2) is 11.6 Å². The molecule has 0 radical (unpaired) electrons. The highest BCUT2D eigenvalue weighted by molar-refractivity contribution is 5.92. The number of carbonyl (C=O) groups excluding carboxylic acids is 2. The van der Waals surface area contributed by atoms with Crippen LogP contribution in [0.15, 0.2) is 40.9 Å². The summed E-state index contributed by atoms with van der Waals surface area (Å²) in [4.78, 5) is 26.3. The number of aromatic nitrogens is 1. The third-order valence-electron chi connectivity index (χ3n) is 4.49. The van der Waals surface area contributed by atoms with Crippen molar-refractivity contribution in [3.05, 3.63) is 36.4 Å². The van der Waals surface area contributed by atoms with Gasteiger partial charge < -0.3 is 14.7 Å². The first-order valence-electron chi connectivity index (χ1n) is 8.66. The molecule has 0 saturated carbocycles. The van der Waals surface area contributed by atoms with Crippen molar-refractivity contribution < 1.29 is 14.1 Å². The van der Waals surface area contributed by atoms with Gasteiger partial charge in [0, 0.05) is 36.6 Å². The number of piperidine rings is 1. The van der Waals surface area contributed by atoms with E-state index in [2.05, 4.69) is 10.5 Å². The Morgan fingerprint density at radius 1 is 1.20 bits per heavy atom. The lowest BCUT2D eigenvalue weighted by Gasteiger charge is -2.32. The second-order valence-corrected chi connectivity index (χ2v) is 6.69. The molecule has 1 N–H and O–H groups in total. The summed E-state index contributed by atoms with van der Waals surface area (Å²) in [5, 5.41) is 6.74. The maximum atomic E-state index is 12.4. The average Bonchev–Trinajstić information content (AvgIpc) is 3.10. The molecule has 0 aliphatic carbocycles. The molecule has 0 atom stereocenters. The van der Waals surface area contributed by atoms with Crippen molar-refractivity contribution in [2.24, 2.45) is 11.8 Å². The van der Waals surface area contributed by atoms with Crippen LogP contribution in [0.1, 0.15) is 26.7 Å². The number of amides is 2. The van der Waals surface area contributed by atoms with E-state index in [9.17, 15) is 9.59 Å². The number of benzene rings is 1. The summed E-state index contributed by atoms with van der Waals surface area (Å²) in [6.45, 7) is 5.05. The van der Waals surface area contributed by atoms with Crippen LogP contribution in [-0.2, 0) is 9.59 Å².